The summed E-state index contributed by atoms with van der Waals surface area (Å²) in [6.45, 7) is 4.15. The molecule has 2 aromatic rings. The Bertz CT molecular complexity index is 732. The van der Waals surface area contributed by atoms with Gasteiger partial charge in [0.05, 0.1) is 24.9 Å². The molecule has 2 rings (SSSR count). The summed E-state index contributed by atoms with van der Waals surface area (Å²) in [5.41, 5.74) is 2.30. The van der Waals surface area contributed by atoms with E-state index in [2.05, 4.69) is 24.5 Å². The predicted molar refractivity (Wildman–Crippen MR) is 97.7 cm³/mol. The van der Waals surface area contributed by atoms with Gasteiger partial charge in [-0.2, -0.15) is 0 Å². The first-order chi connectivity index (χ1) is 11.5. The van der Waals surface area contributed by atoms with Crippen molar-refractivity contribution in [2.75, 3.05) is 24.9 Å². The lowest BCUT2D eigenvalue weighted by Gasteiger charge is -2.16. The Morgan fingerprint density at radius 2 is 1.62 bits per heavy atom. The van der Waals surface area contributed by atoms with Crippen molar-refractivity contribution >= 4 is 29.0 Å². The highest BCUT2D eigenvalue weighted by Gasteiger charge is 2.14. The van der Waals surface area contributed by atoms with Crippen molar-refractivity contribution in [1.82, 2.24) is 0 Å². The molecule has 0 aliphatic rings. The molecular weight excluding hydrogens is 328 g/mol. The number of carbonyl (C=O) groups excluding carboxylic acids is 1. The van der Waals surface area contributed by atoms with Crippen LogP contribution in [0.15, 0.2) is 36.4 Å². The Morgan fingerprint density at radius 3 is 2.25 bits per heavy atom. The van der Waals surface area contributed by atoms with Crippen LogP contribution in [0.1, 0.15) is 25.3 Å². The van der Waals surface area contributed by atoms with Crippen LogP contribution in [0.25, 0.3) is 0 Å². The van der Waals surface area contributed by atoms with Crippen LogP contribution >= 0.6 is 11.6 Å². The molecule has 0 heterocycles. The summed E-state index contributed by atoms with van der Waals surface area (Å²) in [4.78, 5) is 12.4. The molecule has 0 aliphatic carbocycles. The molecule has 128 valence electrons. The fourth-order valence-corrected chi connectivity index (χ4v) is 2.58. The van der Waals surface area contributed by atoms with Crippen LogP contribution in [-0.4, -0.2) is 20.3 Å². The average molecular weight is 349 g/mol. The predicted octanol–water partition coefficient (Wildman–Crippen LogP) is 5.12. The number of benzene rings is 2. The second-order valence-electron chi connectivity index (χ2n) is 5.51. The maximum absolute atomic E-state index is 12.4. The zero-order valence-corrected chi connectivity index (χ0v) is 14.9. The summed E-state index contributed by atoms with van der Waals surface area (Å²) >= 11 is 6.07. The molecule has 0 unspecified atom stereocenters. The fraction of sp³-hybridized carbons (Fsp3) is 0.278. The molecule has 24 heavy (non-hydrogen) atoms. The Balaban J connectivity index is 2.21. The standard InChI is InChI=1S/C18H21ClN2O3/c1-11(2)12-7-5-6-8-14(12)20-18(22)21-15-10-16(23-3)13(19)9-17(15)24-4/h5-11H,1-4H3,(H2,20,21,22). The number of para-hydroxylation sites is 1. The van der Waals surface area contributed by atoms with Gasteiger partial charge < -0.3 is 20.1 Å². The summed E-state index contributed by atoms with van der Waals surface area (Å²) in [5.74, 6) is 1.20. The van der Waals surface area contributed by atoms with Crippen LogP contribution in [0, 0.1) is 0 Å². The van der Waals surface area contributed by atoms with Crippen LogP contribution in [0.5, 0.6) is 11.5 Å². The van der Waals surface area contributed by atoms with Gasteiger partial charge in [0.1, 0.15) is 11.5 Å². The van der Waals surface area contributed by atoms with Gasteiger partial charge in [0, 0.05) is 17.8 Å². The quantitative estimate of drug-likeness (QED) is 0.787. The Hall–Kier alpha value is -2.40. The molecule has 0 radical (unpaired) electrons. The Kier molecular flexibility index (Phi) is 5.93. The lowest BCUT2D eigenvalue weighted by Crippen LogP contribution is -2.20. The molecule has 0 fully saturated rings. The number of methoxy groups -OCH3 is 2. The molecule has 2 aromatic carbocycles. The van der Waals surface area contributed by atoms with Gasteiger partial charge in [-0.3, -0.25) is 0 Å². The third-order valence-electron chi connectivity index (χ3n) is 3.55. The van der Waals surface area contributed by atoms with Gasteiger partial charge in [-0.15, -0.1) is 0 Å². The molecular formula is C18H21ClN2O3. The number of rotatable bonds is 5. The molecule has 0 atom stereocenters. The minimum Gasteiger partial charge on any atom is -0.495 e. The van der Waals surface area contributed by atoms with Crippen LogP contribution in [0.3, 0.4) is 0 Å². The van der Waals surface area contributed by atoms with Crippen LogP contribution in [0.4, 0.5) is 16.2 Å². The molecule has 0 bridgehead atoms. The van der Waals surface area contributed by atoms with Gasteiger partial charge in [-0.1, -0.05) is 43.6 Å². The van der Waals surface area contributed by atoms with E-state index < -0.39 is 0 Å². The molecule has 0 aromatic heterocycles. The zero-order chi connectivity index (χ0) is 17.7. The van der Waals surface area contributed by atoms with Gasteiger partial charge in [-0.05, 0) is 17.5 Å². The maximum Gasteiger partial charge on any atom is 0.323 e. The van der Waals surface area contributed by atoms with Crippen molar-refractivity contribution in [2.45, 2.75) is 19.8 Å². The lowest BCUT2D eigenvalue weighted by molar-refractivity contribution is 0.262. The molecule has 0 saturated carbocycles. The highest BCUT2D eigenvalue weighted by Crippen LogP contribution is 2.36. The third kappa shape index (κ3) is 4.11. The van der Waals surface area contributed by atoms with Crippen LogP contribution < -0.4 is 20.1 Å². The Morgan fingerprint density at radius 1 is 1.00 bits per heavy atom. The van der Waals surface area contributed by atoms with Crippen molar-refractivity contribution in [2.24, 2.45) is 0 Å². The van der Waals surface area contributed by atoms with E-state index in [0.29, 0.717) is 28.1 Å². The van der Waals surface area contributed by atoms with Crippen LogP contribution in [-0.2, 0) is 0 Å². The number of nitrogens with one attached hydrogen (secondary N) is 2. The van der Waals surface area contributed by atoms with Crippen molar-refractivity contribution in [1.29, 1.82) is 0 Å². The topological polar surface area (TPSA) is 59.6 Å². The first kappa shape index (κ1) is 17.9. The molecule has 0 aliphatic heterocycles. The monoisotopic (exact) mass is 348 g/mol. The number of ether oxygens (including phenoxy) is 2. The number of halogens is 1. The largest absolute Gasteiger partial charge is 0.495 e. The second-order valence-corrected chi connectivity index (χ2v) is 5.92. The van der Waals surface area contributed by atoms with Crippen molar-refractivity contribution in [3.05, 3.63) is 47.0 Å². The van der Waals surface area contributed by atoms with Gasteiger partial charge in [-0.25, -0.2) is 4.79 Å². The number of amides is 2. The third-order valence-corrected chi connectivity index (χ3v) is 3.85. The molecule has 2 amide bonds. The van der Waals surface area contributed by atoms with Crippen molar-refractivity contribution in [3.8, 4) is 11.5 Å². The lowest BCUT2D eigenvalue weighted by atomic mass is 10.0. The SMILES string of the molecule is COc1cc(NC(=O)Nc2ccccc2C(C)C)c(OC)cc1Cl. The average Bonchev–Trinajstić information content (AvgIpc) is 2.56. The highest BCUT2D eigenvalue weighted by molar-refractivity contribution is 6.32. The summed E-state index contributed by atoms with van der Waals surface area (Å²) in [6.07, 6.45) is 0. The van der Waals surface area contributed by atoms with E-state index in [9.17, 15) is 4.79 Å². The Labute approximate surface area is 146 Å². The zero-order valence-electron chi connectivity index (χ0n) is 14.1. The van der Waals surface area contributed by atoms with E-state index >= 15 is 0 Å². The maximum atomic E-state index is 12.4. The van der Waals surface area contributed by atoms with Gasteiger partial charge in [0.25, 0.3) is 0 Å². The van der Waals surface area contributed by atoms with Crippen LogP contribution in [0.2, 0.25) is 5.02 Å². The molecule has 2 N–H and O–H groups in total. The van der Waals surface area contributed by atoms with E-state index in [1.54, 1.807) is 12.1 Å². The number of hydrogen-bond donors (Lipinski definition) is 2. The first-order valence-electron chi connectivity index (χ1n) is 7.54. The number of anilines is 2. The number of hydrogen-bond acceptors (Lipinski definition) is 3. The summed E-state index contributed by atoms with van der Waals surface area (Å²) in [6, 6.07) is 10.5. The summed E-state index contributed by atoms with van der Waals surface area (Å²) < 4.78 is 10.4. The second kappa shape index (κ2) is 7.93. The fourth-order valence-electron chi connectivity index (χ4n) is 2.35. The number of urea groups is 1. The molecule has 0 saturated heterocycles. The molecule has 6 heteroatoms. The minimum absolute atomic E-state index is 0.298. The van der Waals surface area contributed by atoms with Gasteiger partial charge >= 0.3 is 6.03 Å². The van der Waals surface area contributed by atoms with E-state index in [1.165, 1.54) is 14.2 Å². The summed E-state index contributed by atoms with van der Waals surface area (Å²) in [5, 5.41) is 6.04. The van der Waals surface area contributed by atoms with E-state index in [1.807, 2.05) is 24.3 Å². The van der Waals surface area contributed by atoms with Crippen molar-refractivity contribution < 1.29 is 14.3 Å². The normalized spacial score (nSPS) is 10.4. The van der Waals surface area contributed by atoms with E-state index in [4.69, 9.17) is 21.1 Å². The molecule has 0 spiro atoms. The minimum atomic E-state index is -0.370. The van der Waals surface area contributed by atoms with E-state index in [-0.39, 0.29) is 6.03 Å². The van der Waals surface area contributed by atoms with E-state index in [0.717, 1.165) is 11.3 Å². The number of carbonyl (C=O) groups is 1. The smallest absolute Gasteiger partial charge is 0.323 e. The highest BCUT2D eigenvalue weighted by atomic mass is 35.5. The van der Waals surface area contributed by atoms with Gasteiger partial charge in [0.2, 0.25) is 0 Å². The van der Waals surface area contributed by atoms with Crippen molar-refractivity contribution in [3.63, 3.8) is 0 Å². The summed E-state index contributed by atoms with van der Waals surface area (Å²) in [7, 11) is 3.02. The first-order valence-corrected chi connectivity index (χ1v) is 7.92. The van der Waals surface area contributed by atoms with Gasteiger partial charge in [0.15, 0.2) is 0 Å². The molecule has 5 nitrogen and oxygen atoms in total.